The fourth-order valence-electron chi connectivity index (χ4n) is 1.55. The number of carbonyl (C=O) groups excluding carboxylic acids is 1. The van der Waals surface area contributed by atoms with Crippen LogP contribution in [0.5, 0.6) is 0 Å². The summed E-state index contributed by atoms with van der Waals surface area (Å²) < 4.78 is 0. The fraction of sp³-hybridized carbons (Fsp3) is 0.333. The Morgan fingerprint density at radius 3 is 2.60 bits per heavy atom. The smallest absolute Gasteiger partial charge is 0.332 e. The first-order valence-corrected chi connectivity index (χ1v) is 5.77. The Bertz CT molecular complexity index is 543. The van der Waals surface area contributed by atoms with Gasteiger partial charge in [-0.2, -0.15) is 0 Å². The van der Waals surface area contributed by atoms with Crippen LogP contribution in [0.15, 0.2) is 18.2 Å². The van der Waals surface area contributed by atoms with E-state index in [1.54, 1.807) is 0 Å². The maximum absolute atomic E-state index is 11.7. The lowest BCUT2D eigenvalue weighted by Crippen LogP contribution is -2.30. The van der Waals surface area contributed by atoms with Crippen LogP contribution >= 0.6 is 0 Å². The van der Waals surface area contributed by atoms with Gasteiger partial charge in [-0.3, -0.25) is 14.9 Å². The number of carboxylic acids is 1. The standard InChI is InChI=1S/C12H14N2O6/c1-7-6-8(2-3-9(7)14(19)20)11(16)13-5-4-10(15)12(17)18/h2-3,6,10,15H,4-5H2,1H3,(H,13,16)(H,17,18)/t10-/m0/s1. The molecule has 0 aromatic heterocycles. The van der Waals surface area contributed by atoms with Gasteiger partial charge < -0.3 is 15.5 Å². The van der Waals surface area contributed by atoms with Gasteiger partial charge in [0.05, 0.1) is 4.92 Å². The SMILES string of the molecule is Cc1cc(C(=O)NCC[C@H](O)C(=O)O)ccc1[N+](=O)[O-]. The van der Waals surface area contributed by atoms with Gasteiger partial charge in [-0.25, -0.2) is 4.79 Å². The molecule has 1 amide bonds. The zero-order valence-corrected chi connectivity index (χ0v) is 10.7. The van der Waals surface area contributed by atoms with Crippen molar-refractivity contribution in [2.45, 2.75) is 19.4 Å². The Labute approximate surface area is 114 Å². The van der Waals surface area contributed by atoms with Gasteiger partial charge in [0.25, 0.3) is 11.6 Å². The summed E-state index contributed by atoms with van der Waals surface area (Å²) in [6.45, 7) is 1.51. The highest BCUT2D eigenvalue weighted by molar-refractivity contribution is 5.94. The number of aliphatic carboxylic acids is 1. The molecule has 0 bridgehead atoms. The number of rotatable bonds is 6. The van der Waals surface area contributed by atoms with Crippen molar-refractivity contribution in [3.63, 3.8) is 0 Å². The summed E-state index contributed by atoms with van der Waals surface area (Å²) in [6.07, 6.45) is -1.65. The van der Waals surface area contributed by atoms with Crippen molar-refractivity contribution in [3.8, 4) is 0 Å². The predicted octanol–water partition coefficient (Wildman–Crippen LogP) is 0.469. The summed E-state index contributed by atoms with van der Waals surface area (Å²) in [6, 6.07) is 3.92. The number of amides is 1. The Kier molecular flexibility index (Phi) is 5.15. The molecule has 0 fully saturated rings. The molecule has 8 nitrogen and oxygen atoms in total. The molecule has 0 saturated heterocycles. The van der Waals surface area contributed by atoms with Crippen LogP contribution in [0.4, 0.5) is 5.69 Å². The van der Waals surface area contributed by atoms with Gasteiger partial charge in [0, 0.05) is 30.2 Å². The number of aliphatic hydroxyl groups is 1. The lowest BCUT2D eigenvalue weighted by Gasteiger charge is -2.08. The molecule has 0 heterocycles. The van der Waals surface area contributed by atoms with Gasteiger partial charge in [0.15, 0.2) is 6.10 Å². The molecule has 0 aliphatic carbocycles. The summed E-state index contributed by atoms with van der Waals surface area (Å²) in [4.78, 5) is 32.2. The molecular formula is C12H14N2O6. The van der Waals surface area contributed by atoms with Crippen LogP contribution in [0, 0.1) is 17.0 Å². The number of benzene rings is 1. The van der Waals surface area contributed by atoms with E-state index >= 15 is 0 Å². The minimum Gasteiger partial charge on any atom is -0.479 e. The molecule has 20 heavy (non-hydrogen) atoms. The van der Waals surface area contributed by atoms with Gasteiger partial charge in [-0.1, -0.05) is 0 Å². The van der Waals surface area contributed by atoms with Crippen molar-refractivity contribution >= 4 is 17.6 Å². The number of nitro groups is 1. The Morgan fingerprint density at radius 1 is 1.45 bits per heavy atom. The Hall–Kier alpha value is -2.48. The topological polar surface area (TPSA) is 130 Å². The first-order chi connectivity index (χ1) is 9.32. The van der Waals surface area contributed by atoms with E-state index in [1.807, 2.05) is 0 Å². The van der Waals surface area contributed by atoms with Crippen LogP contribution in [0.25, 0.3) is 0 Å². The van der Waals surface area contributed by atoms with Crippen LogP contribution in [-0.2, 0) is 4.79 Å². The van der Waals surface area contributed by atoms with E-state index in [-0.39, 0.29) is 24.2 Å². The second-order valence-corrected chi connectivity index (χ2v) is 4.16. The van der Waals surface area contributed by atoms with Gasteiger partial charge in [-0.15, -0.1) is 0 Å². The largest absolute Gasteiger partial charge is 0.479 e. The van der Waals surface area contributed by atoms with E-state index < -0.39 is 22.9 Å². The molecular weight excluding hydrogens is 268 g/mol. The van der Waals surface area contributed by atoms with Crippen molar-refractivity contribution < 1.29 is 24.7 Å². The third kappa shape index (κ3) is 4.02. The maximum atomic E-state index is 11.7. The molecule has 1 atom stereocenters. The first-order valence-electron chi connectivity index (χ1n) is 5.77. The number of aryl methyl sites for hydroxylation is 1. The van der Waals surface area contributed by atoms with Crippen LogP contribution < -0.4 is 5.32 Å². The van der Waals surface area contributed by atoms with E-state index in [0.29, 0.717) is 5.56 Å². The average molecular weight is 282 g/mol. The summed E-state index contributed by atoms with van der Waals surface area (Å²) in [5.74, 6) is -1.84. The molecule has 0 spiro atoms. The normalized spacial score (nSPS) is 11.7. The van der Waals surface area contributed by atoms with Crippen LogP contribution in [0.2, 0.25) is 0 Å². The molecule has 1 aromatic rings. The van der Waals surface area contributed by atoms with Gasteiger partial charge in [0.2, 0.25) is 0 Å². The third-order valence-corrected chi connectivity index (χ3v) is 2.64. The van der Waals surface area contributed by atoms with E-state index in [4.69, 9.17) is 10.2 Å². The second-order valence-electron chi connectivity index (χ2n) is 4.16. The molecule has 8 heteroatoms. The number of aliphatic hydroxyl groups excluding tert-OH is 1. The molecule has 108 valence electrons. The summed E-state index contributed by atoms with van der Waals surface area (Å²) in [5.41, 5.74) is 0.508. The lowest BCUT2D eigenvalue weighted by molar-refractivity contribution is -0.385. The highest BCUT2D eigenvalue weighted by Gasteiger charge is 2.15. The number of nitrogens with zero attached hydrogens (tertiary/aromatic N) is 1. The third-order valence-electron chi connectivity index (χ3n) is 2.64. The highest BCUT2D eigenvalue weighted by atomic mass is 16.6. The van der Waals surface area contributed by atoms with E-state index in [1.165, 1.54) is 25.1 Å². The fourth-order valence-corrected chi connectivity index (χ4v) is 1.55. The quantitative estimate of drug-likeness (QED) is 0.513. The van der Waals surface area contributed by atoms with Crippen LogP contribution in [0.1, 0.15) is 22.3 Å². The number of hydrogen-bond acceptors (Lipinski definition) is 5. The monoisotopic (exact) mass is 282 g/mol. The number of carboxylic acid groups (broad SMARTS) is 1. The van der Waals surface area contributed by atoms with Crippen molar-refractivity contribution in [1.29, 1.82) is 0 Å². The first kappa shape index (κ1) is 15.6. The second kappa shape index (κ2) is 6.62. The summed E-state index contributed by atoms with van der Waals surface area (Å²) in [7, 11) is 0. The summed E-state index contributed by atoms with van der Waals surface area (Å²) >= 11 is 0. The van der Waals surface area contributed by atoms with Crippen LogP contribution in [0.3, 0.4) is 0 Å². The molecule has 0 aliphatic rings. The van der Waals surface area contributed by atoms with Crippen LogP contribution in [-0.4, -0.2) is 39.7 Å². The number of nitrogens with one attached hydrogen (secondary N) is 1. The van der Waals surface area contributed by atoms with Crippen molar-refractivity contribution in [3.05, 3.63) is 39.4 Å². The number of nitro benzene ring substituents is 1. The number of hydrogen-bond donors (Lipinski definition) is 3. The minimum atomic E-state index is -1.53. The summed E-state index contributed by atoms with van der Waals surface area (Å²) in [5, 5.41) is 30.5. The molecule has 0 radical (unpaired) electrons. The molecule has 1 aromatic carbocycles. The average Bonchev–Trinajstić information content (AvgIpc) is 2.37. The molecule has 0 saturated carbocycles. The lowest BCUT2D eigenvalue weighted by atomic mass is 10.1. The molecule has 1 rings (SSSR count). The van der Waals surface area contributed by atoms with Crippen molar-refractivity contribution in [2.75, 3.05) is 6.54 Å². The molecule has 0 unspecified atom stereocenters. The zero-order chi connectivity index (χ0) is 15.3. The highest BCUT2D eigenvalue weighted by Crippen LogP contribution is 2.18. The Morgan fingerprint density at radius 2 is 2.10 bits per heavy atom. The molecule has 0 aliphatic heterocycles. The van der Waals surface area contributed by atoms with Crippen molar-refractivity contribution in [1.82, 2.24) is 5.32 Å². The maximum Gasteiger partial charge on any atom is 0.332 e. The van der Waals surface area contributed by atoms with Gasteiger partial charge in [0.1, 0.15) is 0 Å². The van der Waals surface area contributed by atoms with Gasteiger partial charge >= 0.3 is 5.97 Å². The zero-order valence-electron chi connectivity index (χ0n) is 10.7. The minimum absolute atomic E-state index is 0.0116. The van der Waals surface area contributed by atoms with E-state index in [2.05, 4.69) is 5.32 Å². The van der Waals surface area contributed by atoms with E-state index in [9.17, 15) is 19.7 Å². The predicted molar refractivity (Wildman–Crippen MR) is 68.4 cm³/mol. The molecule has 3 N–H and O–H groups in total. The van der Waals surface area contributed by atoms with Crippen molar-refractivity contribution in [2.24, 2.45) is 0 Å². The van der Waals surface area contributed by atoms with E-state index in [0.717, 1.165) is 0 Å². The Balaban J connectivity index is 2.62. The number of carbonyl (C=O) groups is 2. The van der Waals surface area contributed by atoms with Gasteiger partial charge in [-0.05, 0) is 19.1 Å².